The van der Waals surface area contributed by atoms with Crippen LogP contribution < -0.4 is 14.2 Å². The average Bonchev–Trinajstić information content (AvgIpc) is 2.66. The predicted molar refractivity (Wildman–Crippen MR) is 108 cm³/mol. The second kappa shape index (κ2) is 10.8. The van der Waals surface area contributed by atoms with Crippen LogP contribution in [0.4, 0.5) is 0 Å². The number of aliphatic hydroxyl groups excluding tert-OH is 1. The van der Waals surface area contributed by atoms with Crippen molar-refractivity contribution in [3.63, 3.8) is 0 Å². The largest absolute Gasteiger partial charge is 0.493 e. The number of ether oxygens (including phenoxy) is 3. The lowest BCUT2D eigenvalue weighted by Crippen LogP contribution is -2.37. The van der Waals surface area contributed by atoms with Crippen LogP contribution in [0.15, 0.2) is 48.5 Å². The number of hydrogen-bond donors (Lipinski definition) is 1. The van der Waals surface area contributed by atoms with Gasteiger partial charge in [0.05, 0.1) is 14.2 Å². The molecule has 5 heteroatoms. The minimum Gasteiger partial charge on any atom is -0.493 e. The van der Waals surface area contributed by atoms with E-state index in [0.29, 0.717) is 24.8 Å². The fraction of sp³-hybridized carbons (Fsp3) is 0.455. The maximum atomic E-state index is 10.5. The lowest BCUT2D eigenvalue weighted by atomic mass is 10.1. The Bertz CT molecular complexity index is 675. The molecule has 0 aromatic heterocycles. The second-order valence-electron chi connectivity index (χ2n) is 7.02. The summed E-state index contributed by atoms with van der Waals surface area (Å²) in [6.45, 7) is 6.65. The zero-order chi connectivity index (χ0) is 19.6. The second-order valence-corrected chi connectivity index (χ2v) is 7.02. The molecule has 0 aliphatic carbocycles. The molecule has 2 rings (SSSR count). The molecule has 0 saturated heterocycles. The van der Waals surface area contributed by atoms with Crippen LogP contribution in [-0.2, 0) is 6.54 Å². The number of methoxy groups -OCH3 is 2. The molecule has 27 heavy (non-hydrogen) atoms. The van der Waals surface area contributed by atoms with Gasteiger partial charge >= 0.3 is 0 Å². The quantitative estimate of drug-likeness (QED) is 0.652. The Balaban J connectivity index is 2.02. The van der Waals surface area contributed by atoms with Crippen LogP contribution in [0, 0.1) is 5.92 Å². The first-order valence-electron chi connectivity index (χ1n) is 9.31. The summed E-state index contributed by atoms with van der Waals surface area (Å²) in [7, 11) is 3.29. The molecule has 0 spiro atoms. The molecule has 0 radical (unpaired) electrons. The highest BCUT2D eigenvalue weighted by molar-refractivity contribution is 5.46. The summed E-state index contributed by atoms with van der Waals surface area (Å²) in [5.41, 5.74) is 1.04. The van der Waals surface area contributed by atoms with Crippen molar-refractivity contribution in [3.05, 3.63) is 54.1 Å². The molecule has 0 amide bonds. The molecule has 5 nitrogen and oxygen atoms in total. The summed E-state index contributed by atoms with van der Waals surface area (Å²) >= 11 is 0. The molecule has 0 aliphatic heterocycles. The Labute approximate surface area is 162 Å². The van der Waals surface area contributed by atoms with E-state index in [2.05, 4.69) is 18.7 Å². The number of para-hydroxylation sites is 2. The highest BCUT2D eigenvalue weighted by Crippen LogP contribution is 2.31. The highest BCUT2D eigenvalue weighted by Gasteiger charge is 2.18. The summed E-state index contributed by atoms with van der Waals surface area (Å²) in [5, 5.41) is 10.5. The van der Waals surface area contributed by atoms with E-state index in [1.165, 1.54) is 0 Å². The fourth-order valence-electron chi connectivity index (χ4n) is 3.10. The third-order valence-corrected chi connectivity index (χ3v) is 4.16. The first kappa shape index (κ1) is 21.1. The van der Waals surface area contributed by atoms with Gasteiger partial charge in [-0.25, -0.2) is 0 Å². The SMILES string of the molecule is COc1cccc(CN(CC(C)C)C[C@@H](O)COc2ccccc2)c1OC. The van der Waals surface area contributed by atoms with Crippen molar-refractivity contribution in [3.8, 4) is 17.2 Å². The van der Waals surface area contributed by atoms with E-state index < -0.39 is 6.10 Å². The monoisotopic (exact) mass is 373 g/mol. The third kappa shape index (κ3) is 6.77. The Morgan fingerprint density at radius 1 is 0.926 bits per heavy atom. The zero-order valence-electron chi connectivity index (χ0n) is 16.7. The van der Waals surface area contributed by atoms with Crippen molar-refractivity contribution in [2.24, 2.45) is 5.92 Å². The van der Waals surface area contributed by atoms with Crippen LogP contribution in [0.3, 0.4) is 0 Å². The van der Waals surface area contributed by atoms with Crippen molar-refractivity contribution in [1.29, 1.82) is 0 Å². The number of benzene rings is 2. The zero-order valence-corrected chi connectivity index (χ0v) is 16.7. The van der Waals surface area contributed by atoms with Crippen LogP contribution in [0.5, 0.6) is 17.2 Å². The molecule has 0 unspecified atom stereocenters. The summed E-state index contributed by atoms with van der Waals surface area (Å²) in [6.07, 6.45) is -0.583. The van der Waals surface area contributed by atoms with E-state index in [-0.39, 0.29) is 6.61 Å². The number of nitrogens with zero attached hydrogens (tertiary/aromatic N) is 1. The third-order valence-electron chi connectivity index (χ3n) is 4.16. The van der Waals surface area contributed by atoms with Gasteiger partial charge in [-0.3, -0.25) is 4.90 Å². The molecule has 2 aromatic carbocycles. The Morgan fingerprint density at radius 2 is 1.67 bits per heavy atom. The van der Waals surface area contributed by atoms with Crippen molar-refractivity contribution in [2.75, 3.05) is 33.9 Å². The van der Waals surface area contributed by atoms with Gasteiger partial charge < -0.3 is 19.3 Å². The first-order chi connectivity index (χ1) is 13.0. The minimum absolute atomic E-state index is 0.258. The lowest BCUT2D eigenvalue weighted by molar-refractivity contribution is 0.0612. The Hall–Kier alpha value is -2.24. The van der Waals surface area contributed by atoms with E-state index in [9.17, 15) is 5.11 Å². The van der Waals surface area contributed by atoms with Crippen molar-refractivity contribution < 1.29 is 19.3 Å². The molecule has 0 heterocycles. The molecule has 2 aromatic rings. The molecule has 0 fully saturated rings. The topological polar surface area (TPSA) is 51.2 Å². The highest BCUT2D eigenvalue weighted by atomic mass is 16.5. The van der Waals surface area contributed by atoms with Gasteiger partial charge in [0.25, 0.3) is 0 Å². The molecule has 1 N–H and O–H groups in total. The van der Waals surface area contributed by atoms with Crippen LogP contribution in [0.1, 0.15) is 19.4 Å². The van der Waals surface area contributed by atoms with E-state index in [0.717, 1.165) is 23.6 Å². The van der Waals surface area contributed by atoms with E-state index in [1.807, 2.05) is 48.5 Å². The van der Waals surface area contributed by atoms with Gasteiger partial charge in [-0.1, -0.05) is 44.2 Å². The molecule has 1 atom stereocenters. The molecular weight excluding hydrogens is 342 g/mol. The van der Waals surface area contributed by atoms with Crippen LogP contribution in [0.2, 0.25) is 0 Å². The minimum atomic E-state index is -0.583. The molecule has 0 bridgehead atoms. The standard InChI is InChI=1S/C22H31NO4/c1-17(2)13-23(14-18-9-8-12-21(25-3)22(18)26-4)15-19(24)16-27-20-10-6-5-7-11-20/h5-12,17,19,24H,13-16H2,1-4H3/t19-/m1/s1. The van der Waals surface area contributed by atoms with Crippen LogP contribution >= 0.6 is 0 Å². The normalized spacial score (nSPS) is 12.3. The Kier molecular flexibility index (Phi) is 8.43. The van der Waals surface area contributed by atoms with Crippen LogP contribution in [0.25, 0.3) is 0 Å². The number of aliphatic hydroxyl groups is 1. The lowest BCUT2D eigenvalue weighted by Gasteiger charge is -2.27. The fourth-order valence-corrected chi connectivity index (χ4v) is 3.10. The summed E-state index contributed by atoms with van der Waals surface area (Å²) < 4.78 is 16.6. The maximum Gasteiger partial charge on any atom is 0.165 e. The number of rotatable bonds is 11. The van der Waals surface area contributed by atoms with Gasteiger partial charge in [0.1, 0.15) is 18.5 Å². The van der Waals surface area contributed by atoms with Gasteiger partial charge in [-0.05, 0) is 24.1 Å². The van der Waals surface area contributed by atoms with Crippen molar-refractivity contribution >= 4 is 0 Å². The van der Waals surface area contributed by atoms with Gasteiger partial charge in [0.2, 0.25) is 0 Å². The van der Waals surface area contributed by atoms with E-state index >= 15 is 0 Å². The molecule has 0 saturated carbocycles. The summed E-state index contributed by atoms with van der Waals surface area (Å²) in [4.78, 5) is 2.22. The van der Waals surface area contributed by atoms with E-state index in [1.54, 1.807) is 14.2 Å². The van der Waals surface area contributed by atoms with E-state index in [4.69, 9.17) is 14.2 Å². The van der Waals surface area contributed by atoms with Crippen molar-refractivity contribution in [2.45, 2.75) is 26.5 Å². The van der Waals surface area contributed by atoms with Crippen LogP contribution in [-0.4, -0.2) is 50.0 Å². The number of hydrogen-bond acceptors (Lipinski definition) is 5. The van der Waals surface area contributed by atoms with Gasteiger partial charge in [-0.15, -0.1) is 0 Å². The smallest absolute Gasteiger partial charge is 0.165 e. The Morgan fingerprint density at radius 3 is 2.30 bits per heavy atom. The summed E-state index contributed by atoms with van der Waals surface area (Å²) in [5.74, 6) is 2.70. The van der Waals surface area contributed by atoms with Gasteiger partial charge in [0, 0.05) is 25.2 Å². The maximum absolute atomic E-state index is 10.5. The molecule has 148 valence electrons. The first-order valence-corrected chi connectivity index (χ1v) is 9.31. The predicted octanol–water partition coefficient (Wildman–Crippen LogP) is 3.60. The van der Waals surface area contributed by atoms with Crippen molar-refractivity contribution in [1.82, 2.24) is 4.90 Å². The molecular formula is C22H31NO4. The van der Waals surface area contributed by atoms with Gasteiger partial charge in [-0.2, -0.15) is 0 Å². The summed E-state index contributed by atoms with van der Waals surface area (Å²) in [6, 6.07) is 15.4. The van der Waals surface area contributed by atoms with Gasteiger partial charge in [0.15, 0.2) is 11.5 Å². The molecule has 0 aliphatic rings. The average molecular weight is 373 g/mol.